The lowest BCUT2D eigenvalue weighted by molar-refractivity contribution is 0.100. The molecule has 0 unspecified atom stereocenters. The summed E-state index contributed by atoms with van der Waals surface area (Å²) in [5.74, 6) is -0.182. The maximum Gasteiger partial charge on any atom is 0.275 e. The van der Waals surface area contributed by atoms with Crippen molar-refractivity contribution in [3.8, 4) is 22.4 Å². The van der Waals surface area contributed by atoms with Crippen LogP contribution in [0.4, 0.5) is 17.1 Å². The molecule has 2 N–H and O–H groups in total. The molecule has 6 aromatic rings. The molecule has 184 valence electrons. The normalized spacial score (nSPS) is 11.0. The molecule has 0 saturated heterocycles. The molecule has 5 heteroatoms. The minimum absolute atomic E-state index is 0.182. The van der Waals surface area contributed by atoms with Gasteiger partial charge in [-0.3, -0.25) is 9.69 Å². The molecule has 0 bridgehead atoms. The Labute approximate surface area is 225 Å². The monoisotopic (exact) mass is 511 g/mol. The average molecular weight is 512 g/mol. The number of aromatic nitrogens is 1. The van der Waals surface area contributed by atoms with Crippen LogP contribution in [-0.4, -0.2) is 10.9 Å². The van der Waals surface area contributed by atoms with Crippen molar-refractivity contribution in [1.29, 1.82) is 0 Å². The highest BCUT2D eigenvalue weighted by Gasteiger charge is 2.27. The van der Waals surface area contributed by atoms with Gasteiger partial charge in [-0.15, -0.1) is 11.3 Å². The number of hydrogen-bond acceptors (Lipinski definition) is 4. The molecule has 0 spiro atoms. The number of carbonyl (C=O) groups excluding carboxylic acids is 1. The van der Waals surface area contributed by atoms with Gasteiger partial charge in [0.1, 0.15) is 9.71 Å². The molecule has 0 aliphatic rings. The highest BCUT2D eigenvalue weighted by Crippen LogP contribution is 2.43. The van der Waals surface area contributed by atoms with Crippen molar-refractivity contribution >= 4 is 44.5 Å². The Kier molecular flexibility index (Phi) is 6.20. The van der Waals surface area contributed by atoms with Gasteiger partial charge in [-0.05, 0) is 48.4 Å². The number of fused-ring (bicyclic) bond motifs is 1. The third-order valence-corrected chi connectivity index (χ3v) is 7.64. The molecule has 2 aromatic heterocycles. The van der Waals surface area contributed by atoms with Gasteiger partial charge in [0.15, 0.2) is 0 Å². The number of benzene rings is 4. The number of rotatable bonds is 5. The molecule has 0 saturated carbocycles. The van der Waals surface area contributed by atoms with E-state index in [9.17, 15) is 4.79 Å². The van der Waals surface area contributed by atoms with Crippen LogP contribution in [0.5, 0.6) is 0 Å². The Morgan fingerprint density at radius 2 is 1.29 bits per heavy atom. The Bertz CT molecular complexity index is 1690. The van der Waals surface area contributed by atoms with E-state index in [0.29, 0.717) is 10.6 Å². The van der Waals surface area contributed by atoms with Crippen molar-refractivity contribution in [3.05, 3.63) is 132 Å². The van der Waals surface area contributed by atoms with E-state index >= 15 is 0 Å². The summed E-state index contributed by atoms with van der Waals surface area (Å²) in [6, 6.07) is 39.8. The van der Waals surface area contributed by atoms with Crippen LogP contribution in [0.15, 0.2) is 121 Å². The molecule has 4 nitrogen and oxygen atoms in total. The number of nitrogens with two attached hydrogens (primary N) is 1. The van der Waals surface area contributed by atoms with E-state index in [-0.39, 0.29) is 5.91 Å². The first kappa shape index (κ1) is 23.6. The Morgan fingerprint density at radius 3 is 1.87 bits per heavy atom. The summed E-state index contributed by atoms with van der Waals surface area (Å²) >= 11 is 1.34. The standard InChI is InChI=1S/C33H25N3OS/c1-22-17-19-24(20-18-22)28-21-27(23-11-5-2-6-12-23)29-30(34)31(38-32(29)35-28)33(37)36(25-13-7-3-8-14-25)26-15-9-4-10-16-26/h2-21H,34H2,1H3. The second kappa shape index (κ2) is 9.96. The molecule has 38 heavy (non-hydrogen) atoms. The zero-order chi connectivity index (χ0) is 26.1. The zero-order valence-corrected chi connectivity index (χ0v) is 21.7. The number of amides is 1. The fraction of sp³-hybridized carbons (Fsp3) is 0.0303. The fourth-order valence-corrected chi connectivity index (χ4v) is 5.69. The number of nitrogen functional groups attached to an aromatic ring is 1. The largest absolute Gasteiger partial charge is 0.397 e. The Balaban J connectivity index is 1.56. The Morgan fingerprint density at radius 1 is 0.737 bits per heavy atom. The van der Waals surface area contributed by atoms with Crippen LogP contribution >= 0.6 is 11.3 Å². The van der Waals surface area contributed by atoms with E-state index < -0.39 is 0 Å². The average Bonchev–Trinajstić information content (AvgIpc) is 3.31. The van der Waals surface area contributed by atoms with E-state index in [1.54, 1.807) is 4.90 Å². The lowest BCUT2D eigenvalue weighted by Crippen LogP contribution is -2.25. The number of aryl methyl sites for hydroxylation is 1. The first-order valence-corrected chi connectivity index (χ1v) is 13.2. The van der Waals surface area contributed by atoms with E-state index in [4.69, 9.17) is 10.7 Å². The summed E-state index contributed by atoms with van der Waals surface area (Å²) in [7, 11) is 0. The number of nitrogens with zero attached hydrogens (tertiary/aromatic N) is 2. The van der Waals surface area contributed by atoms with E-state index in [1.807, 2.05) is 78.9 Å². The molecule has 0 radical (unpaired) electrons. The third-order valence-electron chi connectivity index (χ3n) is 6.56. The van der Waals surface area contributed by atoms with E-state index in [2.05, 4.69) is 49.4 Å². The van der Waals surface area contributed by atoms with Gasteiger partial charge >= 0.3 is 0 Å². The van der Waals surface area contributed by atoms with Crippen molar-refractivity contribution in [3.63, 3.8) is 0 Å². The maximum atomic E-state index is 14.2. The molecule has 0 aliphatic heterocycles. The van der Waals surface area contributed by atoms with Crippen LogP contribution < -0.4 is 10.6 Å². The summed E-state index contributed by atoms with van der Waals surface area (Å²) in [4.78, 5) is 22.1. The first-order valence-electron chi connectivity index (χ1n) is 12.4. The first-order chi connectivity index (χ1) is 18.6. The predicted molar refractivity (Wildman–Crippen MR) is 159 cm³/mol. The minimum Gasteiger partial charge on any atom is -0.397 e. The highest BCUT2D eigenvalue weighted by atomic mass is 32.1. The van der Waals surface area contributed by atoms with Gasteiger partial charge in [-0.25, -0.2) is 4.98 Å². The SMILES string of the molecule is Cc1ccc(-c2cc(-c3ccccc3)c3c(N)c(C(=O)N(c4ccccc4)c4ccccc4)sc3n2)cc1. The van der Waals surface area contributed by atoms with Crippen LogP contribution in [0.2, 0.25) is 0 Å². The van der Waals surface area contributed by atoms with E-state index in [1.165, 1.54) is 16.9 Å². The predicted octanol–water partition coefficient (Wildman–Crippen LogP) is 8.50. The number of anilines is 3. The van der Waals surface area contributed by atoms with Crippen LogP contribution in [-0.2, 0) is 0 Å². The molecule has 0 fully saturated rings. The molecular formula is C33H25N3OS. The summed E-state index contributed by atoms with van der Waals surface area (Å²) in [6.07, 6.45) is 0. The van der Waals surface area contributed by atoms with Crippen molar-refractivity contribution < 1.29 is 4.79 Å². The molecule has 4 aromatic carbocycles. The number of thiophene rings is 1. The Hall–Kier alpha value is -4.74. The molecule has 2 heterocycles. The van der Waals surface area contributed by atoms with Gasteiger partial charge in [0.05, 0.1) is 11.4 Å². The number of para-hydroxylation sites is 2. The van der Waals surface area contributed by atoms with E-state index in [0.717, 1.165) is 44.0 Å². The highest BCUT2D eigenvalue weighted by molar-refractivity contribution is 7.21. The number of carbonyl (C=O) groups is 1. The number of pyridine rings is 1. The zero-order valence-electron chi connectivity index (χ0n) is 20.8. The molecule has 1 amide bonds. The fourth-order valence-electron chi connectivity index (χ4n) is 4.64. The summed E-state index contributed by atoms with van der Waals surface area (Å²) in [6.45, 7) is 2.07. The molecule has 6 rings (SSSR count). The molecule has 0 aliphatic carbocycles. The van der Waals surface area contributed by atoms with Crippen molar-refractivity contribution in [2.24, 2.45) is 0 Å². The summed E-state index contributed by atoms with van der Waals surface area (Å²) < 4.78 is 0. The summed E-state index contributed by atoms with van der Waals surface area (Å²) in [5.41, 5.74) is 13.9. The number of hydrogen-bond donors (Lipinski definition) is 1. The van der Waals surface area contributed by atoms with Gasteiger partial charge in [0.2, 0.25) is 0 Å². The van der Waals surface area contributed by atoms with Crippen LogP contribution in [0.25, 0.3) is 32.6 Å². The second-order valence-electron chi connectivity index (χ2n) is 9.12. The minimum atomic E-state index is -0.182. The quantitative estimate of drug-likeness (QED) is 0.252. The van der Waals surface area contributed by atoms with Crippen molar-refractivity contribution in [2.45, 2.75) is 6.92 Å². The van der Waals surface area contributed by atoms with Crippen LogP contribution in [0.1, 0.15) is 15.2 Å². The topological polar surface area (TPSA) is 59.2 Å². The second-order valence-corrected chi connectivity index (χ2v) is 10.1. The van der Waals surface area contributed by atoms with Crippen LogP contribution in [0, 0.1) is 6.92 Å². The molecule has 0 atom stereocenters. The third kappa shape index (κ3) is 4.33. The van der Waals surface area contributed by atoms with Crippen LogP contribution in [0.3, 0.4) is 0 Å². The van der Waals surface area contributed by atoms with Gasteiger partial charge in [-0.1, -0.05) is 96.6 Å². The lowest BCUT2D eigenvalue weighted by atomic mass is 9.99. The smallest absolute Gasteiger partial charge is 0.275 e. The molecular weight excluding hydrogens is 486 g/mol. The lowest BCUT2D eigenvalue weighted by Gasteiger charge is -2.22. The van der Waals surface area contributed by atoms with Crippen molar-refractivity contribution in [2.75, 3.05) is 10.6 Å². The van der Waals surface area contributed by atoms with Gasteiger partial charge in [0, 0.05) is 22.3 Å². The van der Waals surface area contributed by atoms with Gasteiger partial charge < -0.3 is 5.73 Å². The maximum absolute atomic E-state index is 14.2. The van der Waals surface area contributed by atoms with Crippen molar-refractivity contribution in [1.82, 2.24) is 4.98 Å². The summed E-state index contributed by atoms with van der Waals surface area (Å²) in [5, 5.41) is 0.807. The van der Waals surface area contributed by atoms with Gasteiger partial charge in [-0.2, -0.15) is 0 Å². The van der Waals surface area contributed by atoms with Gasteiger partial charge in [0.25, 0.3) is 5.91 Å².